The second kappa shape index (κ2) is 7.96. The van der Waals surface area contributed by atoms with Gasteiger partial charge in [-0.1, -0.05) is 23.7 Å². The number of thiazole rings is 1. The van der Waals surface area contributed by atoms with Crippen molar-refractivity contribution in [1.29, 1.82) is 0 Å². The molecule has 0 fully saturated rings. The van der Waals surface area contributed by atoms with Crippen LogP contribution in [0, 0.1) is 5.82 Å². The molecule has 28 heavy (non-hydrogen) atoms. The number of halogens is 2. The summed E-state index contributed by atoms with van der Waals surface area (Å²) in [4.78, 5) is 16.7. The number of amides is 1. The monoisotopic (exact) mass is 439 g/mol. The summed E-state index contributed by atoms with van der Waals surface area (Å²) in [5, 5.41) is 4.77. The number of sulfonamides is 1. The lowest BCUT2D eigenvalue weighted by molar-refractivity contribution is 0.102. The molecule has 0 bridgehead atoms. The van der Waals surface area contributed by atoms with Crippen molar-refractivity contribution >= 4 is 44.0 Å². The Balaban J connectivity index is 1.79. The van der Waals surface area contributed by atoms with E-state index >= 15 is 0 Å². The summed E-state index contributed by atoms with van der Waals surface area (Å²) < 4.78 is 39.2. The number of hydrogen-bond acceptors (Lipinski definition) is 5. The molecule has 0 aliphatic rings. The fraction of sp³-hybridized carbons (Fsp3) is 0.111. The Labute approximate surface area is 170 Å². The molecule has 6 nitrogen and oxygen atoms in total. The Morgan fingerprint density at radius 2 is 1.86 bits per heavy atom. The topological polar surface area (TPSA) is 79.4 Å². The molecule has 0 spiro atoms. The number of aromatic nitrogens is 1. The molecule has 2 aromatic carbocycles. The predicted molar refractivity (Wildman–Crippen MR) is 108 cm³/mol. The van der Waals surface area contributed by atoms with Crippen molar-refractivity contribution in [2.45, 2.75) is 4.90 Å². The highest BCUT2D eigenvalue weighted by Crippen LogP contribution is 2.27. The smallest absolute Gasteiger partial charge is 0.260 e. The quantitative estimate of drug-likeness (QED) is 0.649. The van der Waals surface area contributed by atoms with E-state index in [-0.39, 0.29) is 20.6 Å². The normalized spacial score (nSPS) is 11.6. The average molecular weight is 440 g/mol. The molecule has 0 saturated carbocycles. The molecular formula is C18H15ClFN3O3S2. The van der Waals surface area contributed by atoms with Gasteiger partial charge in [0.25, 0.3) is 5.91 Å². The van der Waals surface area contributed by atoms with E-state index in [1.165, 1.54) is 49.7 Å². The van der Waals surface area contributed by atoms with Crippen LogP contribution in [-0.2, 0) is 10.0 Å². The van der Waals surface area contributed by atoms with Crippen molar-refractivity contribution in [1.82, 2.24) is 9.29 Å². The highest BCUT2D eigenvalue weighted by atomic mass is 35.5. The molecule has 1 amide bonds. The van der Waals surface area contributed by atoms with Crippen LogP contribution in [0.5, 0.6) is 0 Å². The number of benzene rings is 2. The second-order valence-electron chi connectivity index (χ2n) is 5.93. The van der Waals surface area contributed by atoms with Crippen LogP contribution < -0.4 is 5.32 Å². The first kappa shape index (κ1) is 20.4. The van der Waals surface area contributed by atoms with Crippen LogP contribution in [-0.4, -0.2) is 37.7 Å². The maximum Gasteiger partial charge on any atom is 0.260 e. The SMILES string of the molecule is CN(C)S(=O)(=O)c1ccc(-c2csc(NC(=O)c3cc(Cl)ccc3F)n2)cc1. The molecule has 146 valence electrons. The number of carbonyl (C=O) groups excluding carboxylic acids is 1. The van der Waals surface area contributed by atoms with Crippen LogP contribution in [0.2, 0.25) is 5.02 Å². The standard InChI is InChI=1S/C18H15ClFN3O3S2/c1-23(2)28(25,26)13-6-3-11(4-7-13)16-10-27-18(21-16)22-17(24)14-9-12(19)5-8-15(14)20/h3-10H,1-2H3,(H,21,22,24). The number of hydrogen-bond donors (Lipinski definition) is 1. The van der Waals surface area contributed by atoms with E-state index in [0.717, 1.165) is 10.4 Å². The Morgan fingerprint density at radius 1 is 1.18 bits per heavy atom. The van der Waals surface area contributed by atoms with Crippen molar-refractivity contribution in [3.8, 4) is 11.3 Å². The maximum atomic E-state index is 13.8. The van der Waals surface area contributed by atoms with Crippen LogP contribution in [0.1, 0.15) is 10.4 Å². The third-order valence-corrected chi connectivity index (χ3v) is 6.65. The fourth-order valence-electron chi connectivity index (χ4n) is 2.31. The third kappa shape index (κ3) is 4.22. The molecule has 0 unspecified atom stereocenters. The van der Waals surface area contributed by atoms with E-state index in [4.69, 9.17) is 11.6 Å². The van der Waals surface area contributed by atoms with E-state index in [0.29, 0.717) is 11.3 Å². The number of nitrogens with one attached hydrogen (secondary N) is 1. The highest BCUT2D eigenvalue weighted by molar-refractivity contribution is 7.89. The molecule has 0 saturated heterocycles. The lowest BCUT2D eigenvalue weighted by Gasteiger charge is -2.11. The summed E-state index contributed by atoms with van der Waals surface area (Å²) in [5.74, 6) is -1.34. The summed E-state index contributed by atoms with van der Waals surface area (Å²) in [5.41, 5.74) is 1.06. The van der Waals surface area contributed by atoms with E-state index in [2.05, 4.69) is 10.3 Å². The first-order valence-corrected chi connectivity index (χ1v) is 10.6. The van der Waals surface area contributed by atoms with E-state index in [9.17, 15) is 17.6 Å². The van der Waals surface area contributed by atoms with Gasteiger partial charge in [-0.05, 0) is 30.3 Å². The molecule has 1 N–H and O–H groups in total. The molecule has 0 radical (unpaired) electrons. The van der Waals surface area contributed by atoms with E-state index < -0.39 is 21.7 Å². The Bertz CT molecular complexity index is 1130. The van der Waals surface area contributed by atoms with Crippen molar-refractivity contribution in [3.63, 3.8) is 0 Å². The van der Waals surface area contributed by atoms with Gasteiger partial charge in [-0.2, -0.15) is 0 Å². The lowest BCUT2D eigenvalue weighted by atomic mass is 10.2. The molecule has 1 aromatic heterocycles. The summed E-state index contributed by atoms with van der Waals surface area (Å²) in [6.07, 6.45) is 0. The van der Waals surface area contributed by atoms with Gasteiger partial charge in [0.1, 0.15) is 5.82 Å². The Kier molecular flexibility index (Phi) is 5.80. The van der Waals surface area contributed by atoms with Gasteiger partial charge in [0, 0.05) is 30.1 Å². The van der Waals surface area contributed by atoms with Gasteiger partial charge in [0.2, 0.25) is 10.0 Å². The van der Waals surface area contributed by atoms with Crippen LogP contribution in [0.25, 0.3) is 11.3 Å². The van der Waals surface area contributed by atoms with Crippen molar-refractivity contribution in [3.05, 3.63) is 64.2 Å². The highest BCUT2D eigenvalue weighted by Gasteiger charge is 2.18. The zero-order chi connectivity index (χ0) is 20.5. The summed E-state index contributed by atoms with van der Waals surface area (Å²) in [7, 11) is -0.593. The number of anilines is 1. The lowest BCUT2D eigenvalue weighted by Crippen LogP contribution is -2.22. The number of nitrogens with zero attached hydrogens (tertiary/aromatic N) is 2. The van der Waals surface area contributed by atoms with Crippen LogP contribution >= 0.6 is 22.9 Å². The van der Waals surface area contributed by atoms with Crippen LogP contribution in [0.15, 0.2) is 52.7 Å². The van der Waals surface area contributed by atoms with E-state index in [1.807, 2.05) is 0 Å². The van der Waals surface area contributed by atoms with Gasteiger partial charge < -0.3 is 0 Å². The Hall–Kier alpha value is -2.33. The van der Waals surface area contributed by atoms with E-state index in [1.54, 1.807) is 17.5 Å². The van der Waals surface area contributed by atoms with Crippen molar-refractivity contribution < 1.29 is 17.6 Å². The zero-order valence-electron chi connectivity index (χ0n) is 14.8. The first-order valence-electron chi connectivity index (χ1n) is 7.93. The van der Waals surface area contributed by atoms with Gasteiger partial charge in [0.05, 0.1) is 16.2 Å². The molecule has 1 heterocycles. The van der Waals surface area contributed by atoms with Gasteiger partial charge in [-0.3, -0.25) is 10.1 Å². The number of rotatable bonds is 5. The average Bonchev–Trinajstić information content (AvgIpc) is 3.12. The van der Waals surface area contributed by atoms with Gasteiger partial charge in [-0.15, -0.1) is 11.3 Å². The molecule has 3 aromatic rings. The molecule has 0 aliphatic carbocycles. The van der Waals surface area contributed by atoms with Gasteiger partial charge in [-0.25, -0.2) is 22.1 Å². The second-order valence-corrected chi connectivity index (χ2v) is 9.37. The minimum atomic E-state index is -3.51. The van der Waals surface area contributed by atoms with Gasteiger partial charge in [0.15, 0.2) is 5.13 Å². The zero-order valence-corrected chi connectivity index (χ0v) is 17.2. The number of carbonyl (C=O) groups is 1. The largest absolute Gasteiger partial charge is 0.298 e. The predicted octanol–water partition coefficient (Wildman–Crippen LogP) is 4.11. The molecule has 10 heteroatoms. The maximum absolute atomic E-state index is 13.8. The fourth-order valence-corrected chi connectivity index (χ4v) is 4.10. The Morgan fingerprint density at radius 3 is 2.50 bits per heavy atom. The summed E-state index contributed by atoms with van der Waals surface area (Å²) >= 11 is 6.97. The minimum Gasteiger partial charge on any atom is -0.298 e. The minimum absolute atomic E-state index is 0.168. The van der Waals surface area contributed by atoms with Crippen molar-refractivity contribution in [2.24, 2.45) is 0 Å². The summed E-state index contributed by atoms with van der Waals surface area (Å²) in [6.45, 7) is 0. The molecular weight excluding hydrogens is 425 g/mol. The van der Waals surface area contributed by atoms with Gasteiger partial charge >= 0.3 is 0 Å². The van der Waals surface area contributed by atoms with Crippen molar-refractivity contribution in [2.75, 3.05) is 19.4 Å². The molecule has 0 aliphatic heterocycles. The first-order chi connectivity index (χ1) is 13.2. The third-order valence-electron chi connectivity index (χ3n) is 3.83. The van der Waals surface area contributed by atoms with Crippen LogP contribution in [0.4, 0.5) is 9.52 Å². The summed E-state index contributed by atoms with van der Waals surface area (Å²) in [6, 6.07) is 9.96. The molecule has 3 rings (SSSR count). The van der Waals surface area contributed by atoms with Crippen LogP contribution in [0.3, 0.4) is 0 Å². The molecule has 0 atom stereocenters.